The zero-order chi connectivity index (χ0) is 32.9. The van der Waals surface area contributed by atoms with E-state index < -0.39 is 12.5 Å². The zero-order valence-electron chi connectivity index (χ0n) is 26.1. The summed E-state index contributed by atoms with van der Waals surface area (Å²) in [6.45, 7) is -0.0527. The van der Waals surface area contributed by atoms with Crippen molar-refractivity contribution in [3.63, 3.8) is 0 Å². The number of carbonyl (C=O) groups excluding carboxylic acids is 2. The van der Waals surface area contributed by atoms with E-state index in [1.807, 2.05) is 11.2 Å². The molecule has 0 aliphatic carbocycles. The largest absolute Gasteiger partial charge is 0.434 e. The average molecular weight is 664 g/mol. The minimum Gasteiger partial charge on any atom is -0.434 e. The number of benzene rings is 1. The number of nitrogens with one attached hydrogen (secondary N) is 1. The van der Waals surface area contributed by atoms with E-state index in [0.29, 0.717) is 24.8 Å². The molecule has 15 heteroatoms. The summed E-state index contributed by atoms with van der Waals surface area (Å²) in [5.41, 5.74) is 2.43. The summed E-state index contributed by atoms with van der Waals surface area (Å²) >= 11 is 1.42. The Morgan fingerprint density at radius 2 is 2.06 bits per heavy atom. The molecule has 47 heavy (non-hydrogen) atoms. The summed E-state index contributed by atoms with van der Waals surface area (Å²) in [4.78, 5) is 40.4. The number of piperidine rings is 2. The van der Waals surface area contributed by atoms with E-state index in [-0.39, 0.29) is 40.7 Å². The fraction of sp³-hybridized carbons (Fsp3) is 0.406. The molecule has 0 saturated carbocycles. The molecule has 2 saturated heterocycles. The van der Waals surface area contributed by atoms with Crippen LogP contribution in [0.15, 0.2) is 64.5 Å². The molecule has 0 spiro atoms. The predicted molar refractivity (Wildman–Crippen MR) is 174 cm³/mol. The number of alkyl halides is 2. The lowest BCUT2D eigenvalue weighted by Crippen LogP contribution is -2.49. The summed E-state index contributed by atoms with van der Waals surface area (Å²) in [7, 11) is 1.74. The molecule has 1 N–H and O–H groups in total. The lowest BCUT2D eigenvalue weighted by Gasteiger charge is -2.40. The van der Waals surface area contributed by atoms with Gasteiger partial charge in [0.05, 0.1) is 11.9 Å². The number of amides is 2. The van der Waals surface area contributed by atoms with Crippen LogP contribution in [-0.4, -0.2) is 104 Å². The van der Waals surface area contributed by atoms with Crippen LogP contribution in [0.25, 0.3) is 16.9 Å². The molecule has 1 aromatic carbocycles. The van der Waals surface area contributed by atoms with Gasteiger partial charge in [-0.1, -0.05) is 0 Å². The van der Waals surface area contributed by atoms with Crippen LogP contribution in [-0.2, 0) is 11.3 Å². The quantitative estimate of drug-likeness (QED) is 0.206. The van der Waals surface area contributed by atoms with E-state index in [4.69, 9.17) is 4.74 Å². The summed E-state index contributed by atoms with van der Waals surface area (Å²) in [6.07, 6.45) is 11.8. The standard InChI is InChI=1S/C32H35F2N9O3S/c1-35-16-21-5-3-11-41(18-21)22-8-13-40(14-9-22)28(44)20-42-19-26(38-31(45)25-17-37-43-12-4-10-36-30(25)43)29(39-42)24-15-23(47-2)6-7-27(24)46-32(33)34/h4,6-7,10,12,15,17,19,22,32H,3,5,8-9,11,13-14,18,20H2,1-2H3,(H,38,45). The highest BCUT2D eigenvalue weighted by molar-refractivity contribution is 7.98. The van der Waals surface area contributed by atoms with Crippen LogP contribution < -0.4 is 10.1 Å². The maximum atomic E-state index is 13.5. The molecule has 0 atom stereocenters. The van der Waals surface area contributed by atoms with Gasteiger partial charge in [-0.3, -0.25) is 19.2 Å². The lowest BCUT2D eigenvalue weighted by molar-refractivity contribution is -0.133. The second-order valence-electron chi connectivity index (χ2n) is 11.4. The molecule has 2 aliphatic rings. The fourth-order valence-electron chi connectivity index (χ4n) is 6.17. The van der Waals surface area contributed by atoms with Gasteiger partial charge in [0.1, 0.15) is 23.6 Å². The van der Waals surface area contributed by atoms with Crippen LogP contribution in [0.5, 0.6) is 5.75 Å². The molecule has 3 aromatic heterocycles. The average Bonchev–Trinajstić information content (AvgIpc) is 3.69. The number of likely N-dealkylation sites (tertiary alicyclic amines) is 2. The summed E-state index contributed by atoms with van der Waals surface area (Å²) < 4.78 is 34.6. The Morgan fingerprint density at radius 1 is 1.23 bits per heavy atom. The number of aromatic nitrogens is 5. The van der Waals surface area contributed by atoms with Crippen LogP contribution >= 0.6 is 11.8 Å². The van der Waals surface area contributed by atoms with E-state index >= 15 is 0 Å². The fourth-order valence-corrected chi connectivity index (χ4v) is 6.61. The van der Waals surface area contributed by atoms with Gasteiger partial charge in [0.15, 0.2) is 5.65 Å². The van der Waals surface area contributed by atoms with Crippen molar-refractivity contribution in [2.24, 2.45) is 4.99 Å². The first kappa shape index (κ1) is 32.4. The van der Waals surface area contributed by atoms with Gasteiger partial charge < -0.3 is 15.0 Å². The SMILES string of the molecule is CN=C=C1CCCN(C2CCN(C(=O)Cn3cc(NC(=O)c4cnn5cccnc45)c(-c4cc(SC)ccc4OC(F)F)n3)CC2)C1. The summed E-state index contributed by atoms with van der Waals surface area (Å²) in [5, 5.41) is 11.6. The number of fused-ring (bicyclic) bond motifs is 1. The molecular weight excluding hydrogens is 628 g/mol. The number of anilines is 1. The second kappa shape index (κ2) is 14.4. The maximum Gasteiger partial charge on any atom is 0.387 e. The van der Waals surface area contributed by atoms with Crippen LogP contribution in [0.3, 0.4) is 0 Å². The van der Waals surface area contributed by atoms with Gasteiger partial charge in [-0.25, -0.2) is 14.5 Å². The van der Waals surface area contributed by atoms with Gasteiger partial charge in [0.25, 0.3) is 5.91 Å². The Morgan fingerprint density at radius 3 is 2.83 bits per heavy atom. The lowest BCUT2D eigenvalue weighted by atomic mass is 9.98. The van der Waals surface area contributed by atoms with Crippen molar-refractivity contribution < 1.29 is 23.1 Å². The van der Waals surface area contributed by atoms with Gasteiger partial charge in [0.2, 0.25) is 5.91 Å². The van der Waals surface area contributed by atoms with E-state index in [1.54, 1.807) is 37.6 Å². The second-order valence-corrected chi connectivity index (χ2v) is 12.2. The molecule has 2 aliphatic heterocycles. The van der Waals surface area contributed by atoms with Crippen molar-refractivity contribution in [1.82, 2.24) is 34.2 Å². The molecule has 5 heterocycles. The van der Waals surface area contributed by atoms with Crippen molar-refractivity contribution in [2.75, 3.05) is 44.8 Å². The Bertz CT molecular complexity index is 1830. The first-order valence-corrected chi connectivity index (χ1v) is 16.6. The smallest absolute Gasteiger partial charge is 0.387 e. The van der Waals surface area contributed by atoms with Crippen LogP contribution in [0, 0.1) is 0 Å². The van der Waals surface area contributed by atoms with Crippen LogP contribution in [0.4, 0.5) is 14.5 Å². The van der Waals surface area contributed by atoms with Crippen molar-refractivity contribution in [3.05, 3.63) is 60.2 Å². The molecule has 6 rings (SSSR count). The topological polar surface area (TPSA) is 122 Å². The molecule has 246 valence electrons. The van der Waals surface area contributed by atoms with E-state index in [2.05, 4.69) is 36.3 Å². The van der Waals surface area contributed by atoms with E-state index in [0.717, 1.165) is 43.7 Å². The summed E-state index contributed by atoms with van der Waals surface area (Å²) in [6, 6.07) is 6.85. The predicted octanol–water partition coefficient (Wildman–Crippen LogP) is 4.48. The van der Waals surface area contributed by atoms with Crippen molar-refractivity contribution in [1.29, 1.82) is 0 Å². The number of hydrogen-bond acceptors (Lipinski definition) is 9. The van der Waals surface area contributed by atoms with E-state index in [9.17, 15) is 18.4 Å². The molecule has 12 nitrogen and oxygen atoms in total. The summed E-state index contributed by atoms with van der Waals surface area (Å²) in [5.74, 6) is 2.37. The first-order valence-electron chi connectivity index (χ1n) is 15.3. The number of thioether (sulfide) groups is 1. The highest BCUT2D eigenvalue weighted by atomic mass is 32.2. The van der Waals surface area contributed by atoms with Crippen molar-refractivity contribution in [3.8, 4) is 17.0 Å². The number of carbonyl (C=O) groups is 2. The Balaban J connectivity index is 1.24. The van der Waals surface area contributed by atoms with Crippen molar-refractivity contribution in [2.45, 2.75) is 49.8 Å². The van der Waals surface area contributed by atoms with Gasteiger partial charge in [-0.15, -0.1) is 11.8 Å². The third-order valence-corrected chi connectivity index (χ3v) is 9.14. The first-order chi connectivity index (χ1) is 22.8. The Labute approximate surface area is 274 Å². The Hall–Kier alpha value is -4.59. The molecule has 4 aromatic rings. The van der Waals surface area contributed by atoms with Crippen molar-refractivity contribution >= 4 is 40.8 Å². The molecule has 0 bridgehead atoms. The minimum atomic E-state index is -3.07. The minimum absolute atomic E-state index is 0.0946. The number of nitrogens with zero attached hydrogens (tertiary/aromatic N) is 8. The van der Waals surface area contributed by atoms with E-state index in [1.165, 1.54) is 45.0 Å². The number of aliphatic imine (C=N–C) groups is 1. The molecule has 0 unspecified atom stereocenters. The molecule has 2 amide bonds. The van der Waals surface area contributed by atoms with Crippen LogP contribution in [0.2, 0.25) is 0 Å². The number of halogens is 2. The molecular formula is C32H35F2N9O3S. The van der Waals surface area contributed by atoms with Gasteiger partial charge >= 0.3 is 6.61 Å². The maximum absolute atomic E-state index is 13.5. The highest BCUT2D eigenvalue weighted by Gasteiger charge is 2.29. The third kappa shape index (κ3) is 7.37. The normalized spacial score (nSPS) is 16.0. The molecule has 2 fully saturated rings. The highest BCUT2D eigenvalue weighted by Crippen LogP contribution is 2.38. The van der Waals surface area contributed by atoms with Crippen LogP contribution in [0.1, 0.15) is 36.0 Å². The number of ether oxygens (including phenoxy) is 1. The molecule has 0 radical (unpaired) electrons. The van der Waals surface area contributed by atoms with Gasteiger partial charge in [-0.05, 0) is 68.6 Å². The monoisotopic (exact) mass is 663 g/mol. The van der Waals surface area contributed by atoms with Gasteiger partial charge in [-0.2, -0.15) is 19.0 Å². The Kier molecular flexibility index (Phi) is 9.95. The number of rotatable bonds is 9. The zero-order valence-corrected chi connectivity index (χ0v) is 26.9. The third-order valence-electron chi connectivity index (χ3n) is 8.41. The van der Waals surface area contributed by atoms with Gasteiger partial charge in [0, 0.05) is 67.3 Å². The number of hydrogen-bond donors (Lipinski definition) is 1.